The minimum absolute atomic E-state index is 0.284. The van der Waals surface area contributed by atoms with Gasteiger partial charge in [-0.05, 0) is 25.2 Å². The molecule has 1 fully saturated rings. The van der Waals surface area contributed by atoms with Gasteiger partial charge in [0, 0.05) is 13.6 Å². The third-order valence-corrected chi connectivity index (χ3v) is 2.75. The van der Waals surface area contributed by atoms with Gasteiger partial charge in [0.05, 0.1) is 0 Å². The molecule has 0 spiro atoms. The van der Waals surface area contributed by atoms with Crippen LogP contribution in [0, 0.1) is 5.92 Å². The lowest BCUT2D eigenvalue weighted by Crippen LogP contribution is -2.47. The molecule has 0 aromatic carbocycles. The first-order chi connectivity index (χ1) is 7.54. The molecule has 0 aromatic heterocycles. The maximum absolute atomic E-state index is 11.6. The van der Waals surface area contributed by atoms with Crippen molar-refractivity contribution in [2.45, 2.75) is 38.6 Å². The zero-order valence-corrected chi connectivity index (χ0v) is 9.90. The summed E-state index contributed by atoms with van der Waals surface area (Å²) in [4.78, 5) is 24.1. The predicted molar refractivity (Wildman–Crippen MR) is 60.2 cm³/mol. The van der Waals surface area contributed by atoms with Crippen LogP contribution in [0.5, 0.6) is 0 Å². The molecular formula is C11H20N2O3. The Morgan fingerprint density at radius 3 is 2.56 bits per heavy atom. The molecule has 1 aliphatic rings. The van der Waals surface area contributed by atoms with Crippen LogP contribution in [0.3, 0.4) is 0 Å². The Hall–Kier alpha value is -1.26. The molecule has 2 amide bonds. The van der Waals surface area contributed by atoms with Crippen LogP contribution in [-0.4, -0.2) is 41.6 Å². The van der Waals surface area contributed by atoms with Crippen LogP contribution in [0.15, 0.2) is 0 Å². The second kappa shape index (κ2) is 5.72. The standard InChI is InChI=1S/C11H20N2O3/c1-3-4-9(10(14)15)12-11(16)13(2)7-8-5-6-8/h8-9H,3-7H2,1-2H3,(H,12,16)(H,14,15)/t9-/m1/s1. The smallest absolute Gasteiger partial charge is 0.326 e. The van der Waals surface area contributed by atoms with Crippen LogP contribution in [0.1, 0.15) is 32.6 Å². The van der Waals surface area contributed by atoms with E-state index in [1.807, 2.05) is 6.92 Å². The normalized spacial score (nSPS) is 16.6. The number of carbonyl (C=O) groups is 2. The van der Waals surface area contributed by atoms with Crippen molar-refractivity contribution in [1.29, 1.82) is 0 Å². The van der Waals surface area contributed by atoms with Gasteiger partial charge in [0.1, 0.15) is 6.04 Å². The van der Waals surface area contributed by atoms with E-state index < -0.39 is 12.0 Å². The number of rotatable bonds is 6. The monoisotopic (exact) mass is 228 g/mol. The lowest BCUT2D eigenvalue weighted by Gasteiger charge is -2.21. The van der Waals surface area contributed by atoms with Crippen molar-refractivity contribution in [3.8, 4) is 0 Å². The van der Waals surface area contributed by atoms with Gasteiger partial charge < -0.3 is 15.3 Å². The van der Waals surface area contributed by atoms with Crippen molar-refractivity contribution in [2.24, 2.45) is 5.92 Å². The van der Waals surface area contributed by atoms with Gasteiger partial charge in [-0.1, -0.05) is 13.3 Å². The molecule has 1 rings (SSSR count). The molecule has 0 unspecified atom stereocenters. The second-order valence-corrected chi connectivity index (χ2v) is 4.45. The quantitative estimate of drug-likeness (QED) is 0.719. The molecule has 0 saturated heterocycles. The zero-order valence-electron chi connectivity index (χ0n) is 9.90. The van der Waals surface area contributed by atoms with Crippen molar-refractivity contribution in [3.63, 3.8) is 0 Å². The molecule has 5 nitrogen and oxygen atoms in total. The summed E-state index contributed by atoms with van der Waals surface area (Å²) in [6.45, 7) is 2.63. The van der Waals surface area contributed by atoms with Crippen molar-refractivity contribution < 1.29 is 14.7 Å². The summed E-state index contributed by atoms with van der Waals surface area (Å²) in [6.07, 6.45) is 3.56. The van der Waals surface area contributed by atoms with Crippen molar-refractivity contribution in [2.75, 3.05) is 13.6 Å². The van der Waals surface area contributed by atoms with Crippen LogP contribution < -0.4 is 5.32 Å². The second-order valence-electron chi connectivity index (χ2n) is 4.45. The maximum atomic E-state index is 11.6. The Bertz CT molecular complexity index is 264. The Morgan fingerprint density at radius 1 is 1.50 bits per heavy atom. The minimum Gasteiger partial charge on any atom is -0.480 e. The molecule has 92 valence electrons. The Morgan fingerprint density at radius 2 is 2.12 bits per heavy atom. The number of carbonyl (C=O) groups excluding carboxylic acids is 1. The fraction of sp³-hybridized carbons (Fsp3) is 0.818. The van der Waals surface area contributed by atoms with Crippen LogP contribution in [0.2, 0.25) is 0 Å². The van der Waals surface area contributed by atoms with E-state index in [1.165, 1.54) is 12.8 Å². The summed E-state index contributed by atoms with van der Waals surface area (Å²) in [7, 11) is 1.71. The molecule has 5 heteroatoms. The minimum atomic E-state index is -0.963. The van der Waals surface area contributed by atoms with Crippen LogP contribution in [0.25, 0.3) is 0 Å². The Kier molecular flexibility index (Phi) is 4.58. The molecule has 0 bridgehead atoms. The first kappa shape index (κ1) is 12.8. The van der Waals surface area contributed by atoms with Gasteiger partial charge in [-0.15, -0.1) is 0 Å². The van der Waals surface area contributed by atoms with Gasteiger partial charge in [-0.25, -0.2) is 9.59 Å². The summed E-state index contributed by atoms with van der Waals surface area (Å²) in [5.74, 6) is -0.347. The number of nitrogens with one attached hydrogen (secondary N) is 1. The van der Waals surface area contributed by atoms with Gasteiger partial charge in [-0.3, -0.25) is 0 Å². The number of carboxylic acid groups (broad SMARTS) is 1. The number of carboxylic acids is 1. The van der Waals surface area contributed by atoms with E-state index in [0.29, 0.717) is 12.3 Å². The van der Waals surface area contributed by atoms with E-state index in [-0.39, 0.29) is 6.03 Å². The summed E-state index contributed by atoms with van der Waals surface area (Å²) < 4.78 is 0. The molecule has 1 saturated carbocycles. The van der Waals surface area contributed by atoms with Gasteiger partial charge in [0.2, 0.25) is 0 Å². The number of urea groups is 1. The lowest BCUT2D eigenvalue weighted by atomic mass is 10.2. The van der Waals surface area contributed by atoms with E-state index in [9.17, 15) is 9.59 Å². The number of amides is 2. The zero-order chi connectivity index (χ0) is 12.1. The van der Waals surface area contributed by atoms with Gasteiger partial charge in [-0.2, -0.15) is 0 Å². The molecule has 1 aliphatic carbocycles. The first-order valence-electron chi connectivity index (χ1n) is 5.79. The van der Waals surface area contributed by atoms with Gasteiger partial charge in [0.15, 0.2) is 0 Å². The third-order valence-electron chi connectivity index (χ3n) is 2.75. The van der Waals surface area contributed by atoms with Crippen LogP contribution in [-0.2, 0) is 4.79 Å². The molecule has 0 heterocycles. The molecule has 16 heavy (non-hydrogen) atoms. The number of hydrogen-bond donors (Lipinski definition) is 2. The summed E-state index contributed by atoms with van der Waals surface area (Å²) in [5, 5.41) is 11.4. The number of hydrogen-bond acceptors (Lipinski definition) is 2. The highest BCUT2D eigenvalue weighted by Crippen LogP contribution is 2.29. The Labute approximate surface area is 95.8 Å². The highest BCUT2D eigenvalue weighted by molar-refractivity contribution is 5.82. The number of aliphatic carboxylic acids is 1. The van der Waals surface area contributed by atoms with Crippen molar-refractivity contribution in [3.05, 3.63) is 0 Å². The predicted octanol–water partition coefficient (Wildman–Crippen LogP) is 1.29. The van der Waals surface area contributed by atoms with Crippen LogP contribution in [0.4, 0.5) is 4.79 Å². The molecule has 0 radical (unpaired) electrons. The lowest BCUT2D eigenvalue weighted by molar-refractivity contribution is -0.139. The summed E-state index contributed by atoms with van der Waals surface area (Å²) in [6, 6.07) is -1.05. The maximum Gasteiger partial charge on any atom is 0.326 e. The molecular weight excluding hydrogens is 208 g/mol. The van der Waals surface area contributed by atoms with Crippen LogP contribution >= 0.6 is 0 Å². The third kappa shape index (κ3) is 4.08. The van der Waals surface area contributed by atoms with E-state index in [0.717, 1.165) is 13.0 Å². The number of nitrogens with zero attached hydrogens (tertiary/aromatic N) is 1. The molecule has 0 aromatic rings. The van der Waals surface area contributed by atoms with Gasteiger partial charge >= 0.3 is 12.0 Å². The Balaban J connectivity index is 2.36. The fourth-order valence-corrected chi connectivity index (χ4v) is 1.58. The summed E-state index contributed by atoms with van der Waals surface area (Å²) in [5.41, 5.74) is 0. The SMILES string of the molecule is CCC[C@@H](NC(=O)N(C)CC1CC1)C(=O)O. The van der Waals surface area contributed by atoms with Gasteiger partial charge in [0.25, 0.3) is 0 Å². The molecule has 0 aliphatic heterocycles. The van der Waals surface area contributed by atoms with E-state index in [4.69, 9.17) is 5.11 Å². The van der Waals surface area contributed by atoms with E-state index in [2.05, 4.69) is 5.32 Å². The summed E-state index contributed by atoms with van der Waals surface area (Å²) >= 11 is 0. The first-order valence-corrected chi connectivity index (χ1v) is 5.79. The molecule has 1 atom stereocenters. The topological polar surface area (TPSA) is 69.6 Å². The fourth-order valence-electron chi connectivity index (χ4n) is 1.58. The highest BCUT2D eigenvalue weighted by Gasteiger charge is 2.26. The van der Waals surface area contributed by atoms with E-state index >= 15 is 0 Å². The average Bonchev–Trinajstić information content (AvgIpc) is 3.00. The average molecular weight is 228 g/mol. The largest absolute Gasteiger partial charge is 0.480 e. The highest BCUT2D eigenvalue weighted by atomic mass is 16.4. The van der Waals surface area contributed by atoms with Crippen molar-refractivity contribution >= 4 is 12.0 Å². The molecule has 2 N–H and O–H groups in total. The van der Waals surface area contributed by atoms with E-state index in [1.54, 1.807) is 11.9 Å². The van der Waals surface area contributed by atoms with Crippen molar-refractivity contribution in [1.82, 2.24) is 10.2 Å².